The normalized spacial score (nSPS) is 26.5. The lowest BCUT2D eigenvalue weighted by atomic mass is 9.65. The number of carbonyl (C=O) groups excluding carboxylic acids is 1. The van der Waals surface area contributed by atoms with Crippen molar-refractivity contribution in [3.8, 4) is 0 Å². The Hall–Kier alpha value is -2.68. The van der Waals surface area contributed by atoms with Crippen molar-refractivity contribution in [1.82, 2.24) is 5.32 Å². The zero-order valence-corrected chi connectivity index (χ0v) is 12.0. The van der Waals surface area contributed by atoms with Crippen LogP contribution in [0.15, 0.2) is 58.8 Å². The molecule has 106 valence electrons. The van der Waals surface area contributed by atoms with E-state index in [1.807, 2.05) is 6.08 Å². The standard InChI is InChI=1S/C19H14N2O/c22-18-5-4-12-9-13-10-17-14-3-1-2-6-19(14,7-8-20-17)15(13)11-16(12)21-18/h1-6,9-11,20H,7-8H2. The average Bonchev–Trinajstić information content (AvgIpc) is 2.54. The highest BCUT2D eigenvalue weighted by Gasteiger charge is 2.40. The molecule has 1 aromatic rings. The Labute approximate surface area is 127 Å². The van der Waals surface area contributed by atoms with Gasteiger partial charge in [0.15, 0.2) is 0 Å². The SMILES string of the molecule is O=C1C=Cc2cc3c(cc2=N1)C12C=CC=CC1=C(C=3)NCC2. The third kappa shape index (κ3) is 1.40. The van der Waals surface area contributed by atoms with Crippen LogP contribution >= 0.6 is 0 Å². The molecule has 0 aromatic heterocycles. The second kappa shape index (κ2) is 3.95. The van der Waals surface area contributed by atoms with E-state index in [9.17, 15) is 4.79 Å². The lowest BCUT2D eigenvalue weighted by Crippen LogP contribution is -2.45. The number of allylic oxidation sites excluding steroid dienone is 6. The van der Waals surface area contributed by atoms with Crippen molar-refractivity contribution in [3.63, 3.8) is 0 Å². The number of hydrogen-bond acceptors (Lipinski definition) is 2. The summed E-state index contributed by atoms with van der Waals surface area (Å²) in [7, 11) is 0. The highest BCUT2D eigenvalue weighted by Crippen LogP contribution is 2.43. The molecule has 1 amide bonds. The van der Waals surface area contributed by atoms with Gasteiger partial charge in [0.1, 0.15) is 0 Å². The van der Waals surface area contributed by atoms with Gasteiger partial charge < -0.3 is 5.32 Å². The number of carbonyl (C=O) groups is 1. The van der Waals surface area contributed by atoms with Crippen molar-refractivity contribution in [2.24, 2.45) is 4.99 Å². The van der Waals surface area contributed by atoms with Crippen LogP contribution in [-0.4, -0.2) is 12.5 Å². The maximum atomic E-state index is 11.6. The van der Waals surface area contributed by atoms with Gasteiger partial charge in [0.2, 0.25) is 0 Å². The first-order valence-electron chi connectivity index (χ1n) is 7.58. The summed E-state index contributed by atoms with van der Waals surface area (Å²) in [6, 6.07) is 4.25. The second-order valence-electron chi connectivity index (χ2n) is 6.12. The monoisotopic (exact) mass is 286 g/mol. The van der Waals surface area contributed by atoms with Crippen molar-refractivity contribution < 1.29 is 4.79 Å². The minimum atomic E-state index is -0.175. The predicted molar refractivity (Wildman–Crippen MR) is 85.3 cm³/mol. The minimum absolute atomic E-state index is 0.0752. The Morgan fingerprint density at radius 3 is 3.05 bits per heavy atom. The van der Waals surface area contributed by atoms with Crippen LogP contribution in [0.3, 0.4) is 0 Å². The van der Waals surface area contributed by atoms with E-state index in [-0.39, 0.29) is 11.3 Å². The molecule has 2 aliphatic carbocycles. The van der Waals surface area contributed by atoms with Crippen molar-refractivity contribution >= 4 is 18.1 Å². The second-order valence-corrected chi connectivity index (χ2v) is 6.12. The van der Waals surface area contributed by atoms with Crippen LogP contribution in [0.5, 0.6) is 0 Å². The zero-order valence-electron chi connectivity index (χ0n) is 12.0. The highest BCUT2D eigenvalue weighted by atomic mass is 16.1. The van der Waals surface area contributed by atoms with Gasteiger partial charge in [0.05, 0.1) is 5.36 Å². The lowest BCUT2D eigenvalue weighted by Gasteiger charge is -2.42. The molecule has 1 aromatic carbocycles. The third-order valence-electron chi connectivity index (χ3n) is 4.98. The van der Waals surface area contributed by atoms with Crippen LogP contribution < -0.4 is 15.9 Å². The molecule has 0 spiro atoms. The largest absolute Gasteiger partial charge is 0.385 e. The summed E-state index contributed by atoms with van der Waals surface area (Å²) in [6.45, 7) is 0.958. The van der Waals surface area contributed by atoms with Crippen molar-refractivity contribution in [2.75, 3.05) is 6.54 Å². The third-order valence-corrected chi connectivity index (χ3v) is 4.98. The Kier molecular flexibility index (Phi) is 2.14. The van der Waals surface area contributed by atoms with E-state index in [1.165, 1.54) is 28.1 Å². The highest BCUT2D eigenvalue weighted by molar-refractivity contribution is 5.94. The molecule has 1 unspecified atom stereocenters. The fourth-order valence-electron chi connectivity index (χ4n) is 3.98. The molecule has 1 N–H and O–H groups in total. The number of hydrogen-bond donors (Lipinski definition) is 1. The summed E-state index contributed by atoms with van der Waals surface area (Å²) in [6.07, 6.45) is 15.3. The van der Waals surface area contributed by atoms with Crippen LogP contribution in [0.1, 0.15) is 17.5 Å². The van der Waals surface area contributed by atoms with Gasteiger partial charge in [-0.1, -0.05) is 24.3 Å². The van der Waals surface area contributed by atoms with Crippen LogP contribution in [0.2, 0.25) is 0 Å². The molecule has 5 rings (SSSR count). The summed E-state index contributed by atoms with van der Waals surface area (Å²) in [5.74, 6) is -0.175. The van der Waals surface area contributed by atoms with Gasteiger partial charge >= 0.3 is 0 Å². The van der Waals surface area contributed by atoms with Gasteiger partial charge in [-0.3, -0.25) is 4.79 Å². The van der Waals surface area contributed by atoms with Crippen molar-refractivity contribution in [1.29, 1.82) is 0 Å². The van der Waals surface area contributed by atoms with E-state index in [0.717, 1.165) is 23.9 Å². The molecule has 2 bridgehead atoms. The number of benzene rings is 1. The van der Waals surface area contributed by atoms with E-state index < -0.39 is 0 Å². The molecule has 3 heteroatoms. The molecule has 22 heavy (non-hydrogen) atoms. The van der Waals surface area contributed by atoms with Crippen molar-refractivity contribution in [3.05, 3.63) is 75.5 Å². The number of amides is 1. The van der Waals surface area contributed by atoms with Gasteiger partial charge in [-0.2, -0.15) is 0 Å². The van der Waals surface area contributed by atoms with E-state index >= 15 is 0 Å². The number of nitrogens with zero attached hydrogens (tertiary/aromatic N) is 1. The first-order valence-corrected chi connectivity index (χ1v) is 7.58. The van der Waals surface area contributed by atoms with Crippen LogP contribution in [0.4, 0.5) is 0 Å². The molecule has 3 nitrogen and oxygen atoms in total. The molecule has 4 aliphatic rings. The molecule has 0 saturated carbocycles. The molecule has 2 aliphatic heterocycles. The Balaban J connectivity index is 1.90. The quantitative estimate of drug-likeness (QED) is 0.780. The van der Waals surface area contributed by atoms with Crippen LogP contribution in [-0.2, 0) is 10.2 Å². The smallest absolute Gasteiger partial charge is 0.270 e. The Morgan fingerprint density at radius 1 is 1.14 bits per heavy atom. The summed E-state index contributed by atoms with van der Waals surface area (Å²) >= 11 is 0. The molecular weight excluding hydrogens is 272 g/mol. The fourth-order valence-corrected chi connectivity index (χ4v) is 3.98. The van der Waals surface area contributed by atoms with E-state index in [2.05, 4.69) is 52.8 Å². The van der Waals surface area contributed by atoms with Gasteiger partial charge in [-0.25, -0.2) is 4.99 Å². The van der Waals surface area contributed by atoms with E-state index in [1.54, 1.807) is 0 Å². The summed E-state index contributed by atoms with van der Waals surface area (Å²) in [4.78, 5) is 15.8. The Bertz CT molecular complexity index is 975. The predicted octanol–water partition coefficient (Wildman–Crippen LogP) is 1.26. The molecule has 1 atom stereocenters. The number of fused-ring (bicyclic) bond motifs is 2. The first-order chi connectivity index (χ1) is 10.8. The average molecular weight is 286 g/mol. The topological polar surface area (TPSA) is 41.5 Å². The van der Waals surface area contributed by atoms with Crippen LogP contribution in [0.25, 0.3) is 12.2 Å². The fraction of sp³-hybridized carbons (Fsp3) is 0.158. The minimum Gasteiger partial charge on any atom is -0.385 e. The first kappa shape index (κ1) is 11.9. The number of rotatable bonds is 0. The maximum absolute atomic E-state index is 11.6. The molecule has 0 radical (unpaired) electrons. The summed E-state index contributed by atoms with van der Waals surface area (Å²) in [5.41, 5.74) is 4.75. The molecule has 2 heterocycles. The molecule has 0 saturated heterocycles. The van der Waals surface area contributed by atoms with Gasteiger partial charge in [-0.05, 0) is 47.1 Å². The van der Waals surface area contributed by atoms with Crippen molar-refractivity contribution in [2.45, 2.75) is 11.8 Å². The van der Waals surface area contributed by atoms with Crippen LogP contribution in [0, 0.1) is 0 Å². The van der Waals surface area contributed by atoms with Gasteiger partial charge in [0, 0.05) is 29.3 Å². The maximum Gasteiger partial charge on any atom is 0.270 e. The van der Waals surface area contributed by atoms with Gasteiger partial charge in [-0.15, -0.1) is 0 Å². The number of nitrogens with one attached hydrogen (secondary N) is 1. The summed E-state index contributed by atoms with van der Waals surface area (Å²) < 4.78 is 0. The lowest BCUT2D eigenvalue weighted by molar-refractivity contribution is -0.113. The van der Waals surface area contributed by atoms with E-state index in [4.69, 9.17) is 0 Å². The summed E-state index contributed by atoms with van der Waals surface area (Å²) in [5, 5.41) is 5.53. The Morgan fingerprint density at radius 2 is 2.09 bits per heavy atom. The zero-order chi connectivity index (χ0) is 14.7. The molecular formula is C19H14N2O. The molecule has 0 fully saturated rings. The van der Waals surface area contributed by atoms with Gasteiger partial charge in [0.25, 0.3) is 5.91 Å². The van der Waals surface area contributed by atoms with E-state index in [0.29, 0.717) is 0 Å².